The van der Waals surface area contributed by atoms with Gasteiger partial charge < -0.3 is 14.9 Å². The Kier molecular flexibility index (Phi) is 5.32. The molecular formula is C11H21NO5. The lowest BCUT2D eigenvalue weighted by Crippen LogP contribution is -2.40. The first kappa shape index (κ1) is 14.4. The third-order valence-corrected chi connectivity index (χ3v) is 2.95. The maximum absolute atomic E-state index is 11.4. The minimum Gasteiger partial charge on any atom is -0.394 e. The van der Waals surface area contributed by atoms with Crippen LogP contribution in [0.5, 0.6) is 0 Å². The third-order valence-electron chi connectivity index (χ3n) is 2.95. The predicted molar refractivity (Wildman–Crippen MR) is 59.4 cm³/mol. The molecule has 0 aromatic rings. The molecule has 2 N–H and O–H groups in total. The molecule has 1 heterocycles. The van der Waals surface area contributed by atoms with E-state index < -0.39 is 12.5 Å². The van der Waals surface area contributed by atoms with Gasteiger partial charge in [-0.25, -0.2) is 9.90 Å². The molecule has 17 heavy (non-hydrogen) atoms. The second-order valence-electron chi connectivity index (χ2n) is 4.59. The van der Waals surface area contributed by atoms with E-state index in [1.165, 1.54) is 0 Å². The summed E-state index contributed by atoms with van der Waals surface area (Å²) in [6.07, 6.45) is 0.662. The fourth-order valence-corrected chi connectivity index (χ4v) is 1.49. The Hall–Kier alpha value is -0.690. The number of amides is 1. The third kappa shape index (κ3) is 3.92. The number of ether oxygens (including phenoxy) is 1. The summed E-state index contributed by atoms with van der Waals surface area (Å²) in [7, 11) is 0. The predicted octanol–water partition coefficient (Wildman–Crippen LogP) is 0.238. The Bertz CT molecular complexity index is 258. The molecule has 1 fully saturated rings. The van der Waals surface area contributed by atoms with Crippen LogP contribution in [0.25, 0.3) is 0 Å². The first-order valence-electron chi connectivity index (χ1n) is 5.89. The second kappa shape index (κ2) is 6.30. The van der Waals surface area contributed by atoms with Crippen molar-refractivity contribution in [3.63, 3.8) is 0 Å². The van der Waals surface area contributed by atoms with Crippen molar-refractivity contribution < 1.29 is 24.6 Å². The number of hydrogen-bond acceptors (Lipinski definition) is 5. The summed E-state index contributed by atoms with van der Waals surface area (Å²) in [5.74, 6) is -0.0138. The minimum absolute atomic E-state index is 0.182. The molecule has 1 rings (SSSR count). The molecule has 6 nitrogen and oxygen atoms in total. The highest BCUT2D eigenvalue weighted by Gasteiger charge is 2.33. The van der Waals surface area contributed by atoms with E-state index >= 15 is 0 Å². The molecule has 0 radical (unpaired) electrons. The number of hydrogen-bond donors (Lipinski definition) is 2. The number of rotatable bonds is 6. The van der Waals surface area contributed by atoms with Crippen LogP contribution in [0.1, 0.15) is 33.6 Å². The molecule has 0 bridgehead atoms. The van der Waals surface area contributed by atoms with Gasteiger partial charge in [-0.2, -0.15) is 0 Å². The van der Waals surface area contributed by atoms with Crippen molar-refractivity contribution in [3.05, 3.63) is 0 Å². The SMILES string of the molecule is CC(C)C(C)OC(O)ON1C(=O)CCC1CO. The molecule has 100 valence electrons. The maximum Gasteiger partial charge on any atom is 0.292 e. The largest absolute Gasteiger partial charge is 0.394 e. The smallest absolute Gasteiger partial charge is 0.292 e. The number of nitrogens with zero attached hydrogens (tertiary/aromatic N) is 1. The first-order valence-corrected chi connectivity index (χ1v) is 5.89. The number of carbonyl (C=O) groups excluding carboxylic acids is 1. The average Bonchev–Trinajstić information content (AvgIpc) is 2.59. The molecule has 0 aromatic carbocycles. The summed E-state index contributed by atoms with van der Waals surface area (Å²) in [6, 6.07) is -0.393. The van der Waals surface area contributed by atoms with E-state index in [-0.39, 0.29) is 24.5 Å². The van der Waals surface area contributed by atoms with Gasteiger partial charge in [0, 0.05) is 6.42 Å². The van der Waals surface area contributed by atoms with Gasteiger partial charge >= 0.3 is 0 Å². The number of hydroxylamine groups is 2. The molecular weight excluding hydrogens is 226 g/mol. The topological polar surface area (TPSA) is 79.2 Å². The number of carbonyl (C=O) groups is 1. The van der Waals surface area contributed by atoms with Crippen molar-refractivity contribution in [2.75, 3.05) is 6.61 Å². The highest BCUT2D eigenvalue weighted by atomic mass is 16.9. The summed E-state index contributed by atoms with van der Waals surface area (Å²) in [5.41, 5.74) is 0. The second-order valence-corrected chi connectivity index (χ2v) is 4.59. The van der Waals surface area contributed by atoms with Crippen molar-refractivity contribution in [2.45, 2.75) is 52.2 Å². The molecule has 1 saturated heterocycles. The van der Waals surface area contributed by atoms with Crippen LogP contribution in [0.2, 0.25) is 0 Å². The summed E-state index contributed by atoms with van der Waals surface area (Å²) in [6.45, 7) is 4.05. The highest BCUT2D eigenvalue weighted by Crippen LogP contribution is 2.20. The Morgan fingerprint density at radius 3 is 2.65 bits per heavy atom. The molecule has 0 aromatic heterocycles. The zero-order valence-corrected chi connectivity index (χ0v) is 10.5. The van der Waals surface area contributed by atoms with Crippen molar-refractivity contribution in [1.82, 2.24) is 5.06 Å². The Morgan fingerprint density at radius 1 is 1.47 bits per heavy atom. The monoisotopic (exact) mass is 247 g/mol. The van der Waals surface area contributed by atoms with Gasteiger partial charge in [-0.05, 0) is 19.3 Å². The van der Waals surface area contributed by atoms with Gasteiger partial charge in [0.2, 0.25) is 5.91 Å². The molecule has 0 saturated carbocycles. The summed E-state index contributed by atoms with van der Waals surface area (Å²) < 4.78 is 5.17. The van der Waals surface area contributed by atoms with E-state index in [2.05, 4.69) is 0 Å². The highest BCUT2D eigenvalue weighted by molar-refractivity contribution is 5.77. The fourth-order valence-electron chi connectivity index (χ4n) is 1.49. The van der Waals surface area contributed by atoms with Crippen LogP contribution in [0.15, 0.2) is 0 Å². The Labute approximate surface area is 101 Å². The quantitative estimate of drug-likeness (QED) is 0.657. The van der Waals surface area contributed by atoms with Crippen molar-refractivity contribution in [2.24, 2.45) is 5.92 Å². The van der Waals surface area contributed by atoms with Gasteiger partial charge in [0.1, 0.15) is 0 Å². The van der Waals surface area contributed by atoms with E-state index in [4.69, 9.17) is 14.7 Å². The summed E-state index contributed by atoms with van der Waals surface area (Å²) >= 11 is 0. The molecule has 3 unspecified atom stereocenters. The molecule has 1 amide bonds. The van der Waals surface area contributed by atoms with Gasteiger partial charge in [-0.3, -0.25) is 4.79 Å². The van der Waals surface area contributed by atoms with Gasteiger partial charge in [0.05, 0.1) is 18.8 Å². The van der Waals surface area contributed by atoms with Gasteiger partial charge in [-0.1, -0.05) is 13.8 Å². The van der Waals surface area contributed by atoms with Crippen LogP contribution >= 0.6 is 0 Å². The molecule has 1 aliphatic heterocycles. The van der Waals surface area contributed by atoms with E-state index in [1.807, 2.05) is 20.8 Å². The van der Waals surface area contributed by atoms with Gasteiger partial charge in [0.15, 0.2) is 0 Å². The summed E-state index contributed by atoms with van der Waals surface area (Å²) in [5, 5.41) is 19.6. The normalized spacial score (nSPS) is 24.5. The average molecular weight is 247 g/mol. The van der Waals surface area contributed by atoms with E-state index in [0.717, 1.165) is 5.06 Å². The standard InChI is InChI=1S/C11H21NO5/c1-7(2)8(3)16-11(15)17-12-9(6-13)4-5-10(12)14/h7-9,11,13,15H,4-6H2,1-3H3. The fraction of sp³-hybridized carbons (Fsp3) is 0.909. The van der Waals surface area contributed by atoms with E-state index in [9.17, 15) is 9.90 Å². The Morgan fingerprint density at radius 2 is 2.12 bits per heavy atom. The summed E-state index contributed by atoms with van der Waals surface area (Å²) in [4.78, 5) is 16.4. The minimum atomic E-state index is -1.48. The van der Waals surface area contributed by atoms with Crippen LogP contribution in [-0.4, -0.2) is 46.4 Å². The molecule has 1 aliphatic rings. The Balaban J connectivity index is 2.44. The van der Waals surface area contributed by atoms with Crippen molar-refractivity contribution >= 4 is 5.91 Å². The lowest BCUT2D eigenvalue weighted by Gasteiger charge is -2.27. The zero-order chi connectivity index (χ0) is 13.0. The first-order chi connectivity index (χ1) is 7.95. The molecule has 6 heteroatoms. The lowest BCUT2D eigenvalue weighted by molar-refractivity contribution is -0.364. The molecule has 0 spiro atoms. The van der Waals surface area contributed by atoms with Gasteiger partial charge in [-0.15, -0.1) is 0 Å². The number of aliphatic hydroxyl groups is 2. The maximum atomic E-state index is 11.4. The molecule has 0 aliphatic carbocycles. The van der Waals surface area contributed by atoms with Crippen LogP contribution in [0, 0.1) is 5.92 Å². The zero-order valence-electron chi connectivity index (χ0n) is 10.5. The number of aliphatic hydroxyl groups excluding tert-OH is 2. The van der Waals surface area contributed by atoms with Crippen LogP contribution in [0.4, 0.5) is 0 Å². The van der Waals surface area contributed by atoms with Crippen LogP contribution in [-0.2, 0) is 14.4 Å². The van der Waals surface area contributed by atoms with Crippen molar-refractivity contribution in [3.8, 4) is 0 Å². The lowest BCUT2D eigenvalue weighted by atomic mass is 10.1. The van der Waals surface area contributed by atoms with Crippen molar-refractivity contribution in [1.29, 1.82) is 0 Å². The van der Waals surface area contributed by atoms with E-state index in [1.54, 1.807) is 0 Å². The van der Waals surface area contributed by atoms with Crippen LogP contribution < -0.4 is 0 Å². The van der Waals surface area contributed by atoms with E-state index in [0.29, 0.717) is 12.8 Å². The van der Waals surface area contributed by atoms with Gasteiger partial charge in [0.25, 0.3) is 6.48 Å². The molecule has 3 atom stereocenters. The van der Waals surface area contributed by atoms with Crippen LogP contribution in [0.3, 0.4) is 0 Å².